The van der Waals surface area contributed by atoms with Crippen molar-refractivity contribution in [1.29, 1.82) is 0 Å². The Morgan fingerprint density at radius 2 is 1.64 bits per heavy atom. The van der Waals surface area contributed by atoms with E-state index in [2.05, 4.69) is 4.98 Å². The number of benzene rings is 1. The Morgan fingerprint density at radius 1 is 1.09 bits per heavy atom. The van der Waals surface area contributed by atoms with Gasteiger partial charge in [0, 0.05) is 11.8 Å². The number of aromatic nitrogens is 1. The molecule has 0 aliphatic carbocycles. The first-order valence-electron chi connectivity index (χ1n) is 5.56. The Labute approximate surface area is 137 Å². The summed E-state index contributed by atoms with van der Waals surface area (Å²) >= 11 is 17.4. The molecule has 9 heteroatoms. The van der Waals surface area contributed by atoms with Crippen molar-refractivity contribution in [1.82, 2.24) is 4.98 Å². The summed E-state index contributed by atoms with van der Waals surface area (Å²) in [6.07, 6.45) is -4.16. The monoisotopic (exact) mass is 369 g/mol. The number of aromatic carboxylic acids is 1. The van der Waals surface area contributed by atoms with Crippen LogP contribution in [-0.2, 0) is 6.18 Å². The molecule has 0 spiro atoms. The summed E-state index contributed by atoms with van der Waals surface area (Å²) in [6, 6.07) is 3.05. The van der Waals surface area contributed by atoms with Gasteiger partial charge in [0.15, 0.2) is 0 Å². The van der Waals surface area contributed by atoms with Gasteiger partial charge in [0.05, 0.1) is 31.9 Å². The van der Waals surface area contributed by atoms with Crippen LogP contribution < -0.4 is 0 Å². The predicted octanol–water partition coefficient (Wildman–Crippen LogP) is 5.43. The molecule has 2 aromatic rings. The van der Waals surface area contributed by atoms with Gasteiger partial charge in [-0.25, -0.2) is 4.79 Å². The van der Waals surface area contributed by atoms with Crippen LogP contribution in [0, 0.1) is 0 Å². The van der Waals surface area contributed by atoms with Gasteiger partial charge in [-0.3, -0.25) is 4.98 Å². The quantitative estimate of drug-likeness (QED) is 0.718. The molecular formula is C13H5Cl3F3NO2. The summed E-state index contributed by atoms with van der Waals surface area (Å²) in [4.78, 5) is 14.8. The topological polar surface area (TPSA) is 50.2 Å². The minimum absolute atomic E-state index is 0.0298. The first-order valence-corrected chi connectivity index (χ1v) is 6.70. The van der Waals surface area contributed by atoms with Gasteiger partial charge in [0.1, 0.15) is 0 Å². The van der Waals surface area contributed by atoms with Crippen LogP contribution in [0.25, 0.3) is 11.3 Å². The molecule has 0 radical (unpaired) electrons. The zero-order valence-corrected chi connectivity index (χ0v) is 12.6. The van der Waals surface area contributed by atoms with E-state index < -0.39 is 23.3 Å². The lowest BCUT2D eigenvalue weighted by molar-refractivity contribution is -0.137. The van der Waals surface area contributed by atoms with Crippen molar-refractivity contribution >= 4 is 40.8 Å². The summed E-state index contributed by atoms with van der Waals surface area (Å²) in [5.41, 5.74) is -1.84. The zero-order valence-electron chi connectivity index (χ0n) is 10.4. The molecule has 0 bridgehead atoms. The van der Waals surface area contributed by atoms with E-state index in [4.69, 9.17) is 39.9 Å². The third-order valence-corrected chi connectivity index (χ3v) is 3.90. The predicted molar refractivity (Wildman–Crippen MR) is 76.7 cm³/mol. The molecule has 0 aliphatic rings. The standard InChI is InChI=1S/C13H5Cl3F3NO2/c14-8-1-5(2-9(15)10(8)16)11-7(12(21)22)3-6(4-20-11)13(17,18)19/h1-4H,(H,21,22). The maximum atomic E-state index is 12.7. The number of nitrogens with zero attached hydrogens (tertiary/aromatic N) is 1. The van der Waals surface area contributed by atoms with Crippen molar-refractivity contribution in [2.75, 3.05) is 0 Å². The summed E-state index contributed by atoms with van der Waals surface area (Å²) in [5, 5.41) is 9.22. The Hall–Kier alpha value is -1.50. The van der Waals surface area contributed by atoms with Gasteiger partial charge < -0.3 is 5.11 Å². The highest BCUT2D eigenvalue weighted by Crippen LogP contribution is 2.37. The van der Waals surface area contributed by atoms with E-state index in [1.807, 2.05) is 0 Å². The maximum Gasteiger partial charge on any atom is 0.417 e. The van der Waals surface area contributed by atoms with Crippen molar-refractivity contribution in [3.63, 3.8) is 0 Å². The van der Waals surface area contributed by atoms with Crippen molar-refractivity contribution in [2.45, 2.75) is 6.18 Å². The number of pyridine rings is 1. The number of hydrogen-bond acceptors (Lipinski definition) is 2. The third kappa shape index (κ3) is 3.29. The highest BCUT2D eigenvalue weighted by atomic mass is 35.5. The molecule has 1 heterocycles. The lowest BCUT2D eigenvalue weighted by Crippen LogP contribution is -2.10. The fourth-order valence-corrected chi connectivity index (χ4v) is 2.30. The molecule has 1 aromatic heterocycles. The van der Waals surface area contributed by atoms with Crippen LogP contribution in [0.1, 0.15) is 15.9 Å². The summed E-state index contributed by atoms with van der Waals surface area (Å²) in [5.74, 6) is -1.56. The molecule has 0 fully saturated rings. The third-order valence-electron chi connectivity index (χ3n) is 2.70. The number of alkyl halides is 3. The fourth-order valence-electron chi connectivity index (χ4n) is 1.71. The largest absolute Gasteiger partial charge is 0.478 e. The lowest BCUT2D eigenvalue weighted by Gasteiger charge is -2.11. The molecular weight excluding hydrogens is 366 g/mol. The molecule has 0 unspecified atom stereocenters. The highest BCUT2D eigenvalue weighted by Gasteiger charge is 2.32. The Kier molecular flexibility index (Phi) is 4.56. The average molecular weight is 371 g/mol. The highest BCUT2D eigenvalue weighted by molar-refractivity contribution is 6.48. The van der Waals surface area contributed by atoms with E-state index in [-0.39, 0.29) is 26.3 Å². The minimum atomic E-state index is -4.70. The first-order chi connectivity index (χ1) is 10.1. The molecule has 0 amide bonds. The van der Waals surface area contributed by atoms with Crippen LogP contribution >= 0.6 is 34.8 Å². The molecule has 116 valence electrons. The fraction of sp³-hybridized carbons (Fsp3) is 0.0769. The van der Waals surface area contributed by atoms with Crippen LogP contribution in [0.3, 0.4) is 0 Å². The average Bonchev–Trinajstić information content (AvgIpc) is 2.42. The number of rotatable bonds is 2. The normalized spacial score (nSPS) is 11.5. The molecule has 0 saturated heterocycles. The lowest BCUT2D eigenvalue weighted by atomic mass is 10.0. The molecule has 1 N–H and O–H groups in total. The van der Waals surface area contributed by atoms with Gasteiger partial charge >= 0.3 is 12.1 Å². The van der Waals surface area contributed by atoms with Crippen LogP contribution in [0.2, 0.25) is 15.1 Å². The van der Waals surface area contributed by atoms with Gasteiger partial charge in [-0.1, -0.05) is 34.8 Å². The molecule has 1 aromatic carbocycles. The van der Waals surface area contributed by atoms with E-state index >= 15 is 0 Å². The van der Waals surface area contributed by atoms with E-state index in [1.54, 1.807) is 0 Å². The van der Waals surface area contributed by atoms with Crippen molar-refractivity contribution in [2.24, 2.45) is 0 Å². The number of carboxylic acids is 1. The zero-order chi connectivity index (χ0) is 16.7. The van der Waals surface area contributed by atoms with Crippen molar-refractivity contribution < 1.29 is 23.1 Å². The van der Waals surface area contributed by atoms with Gasteiger partial charge in [0.2, 0.25) is 0 Å². The summed E-state index contributed by atoms with van der Waals surface area (Å²) in [7, 11) is 0. The van der Waals surface area contributed by atoms with Crippen molar-refractivity contribution in [3.8, 4) is 11.3 Å². The molecule has 0 saturated carbocycles. The van der Waals surface area contributed by atoms with E-state index in [9.17, 15) is 18.0 Å². The second-order valence-corrected chi connectivity index (χ2v) is 5.37. The van der Waals surface area contributed by atoms with Gasteiger partial charge in [-0.15, -0.1) is 0 Å². The van der Waals surface area contributed by atoms with E-state index in [0.29, 0.717) is 12.3 Å². The summed E-state index contributed by atoms with van der Waals surface area (Å²) in [6.45, 7) is 0. The smallest absolute Gasteiger partial charge is 0.417 e. The SMILES string of the molecule is O=C(O)c1cc(C(F)(F)F)cnc1-c1cc(Cl)c(Cl)c(Cl)c1. The minimum Gasteiger partial charge on any atom is -0.478 e. The molecule has 3 nitrogen and oxygen atoms in total. The molecule has 0 atom stereocenters. The second kappa shape index (κ2) is 5.95. The Morgan fingerprint density at radius 3 is 2.09 bits per heavy atom. The van der Waals surface area contributed by atoms with Gasteiger partial charge in [-0.2, -0.15) is 13.2 Å². The number of halogens is 6. The molecule has 2 rings (SSSR count). The van der Waals surface area contributed by atoms with Crippen LogP contribution in [-0.4, -0.2) is 16.1 Å². The number of carboxylic acid groups (broad SMARTS) is 1. The second-order valence-electron chi connectivity index (χ2n) is 4.18. The Balaban J connectivity index is 2.68. The molecule has 22 heavy (non-hydrogen) atoms. The van der Waals surface area contributed by atoms with Crippen LogP contribution in [0.4, 0.5) is 13.2 Å². The Bertz CT molecular complexity index is 740. The number of carbonyl (C=O) groups is 1. The van der Waals surface area contributed by atoms with Crippen LogP contribution in [0.15, 0.2) is 24.4 Å². The van der Waals surface area contributed by atoms with E-state index in [1.165, 1.54) is 12.1 Å². The van der Waals surface area contributed by atoms with E-state index in [0.717, 1.165) is 0 Å². The van der Waals surface area contributed by atoms with Crippen molar-refractivity contribution in [3.05, 3.63) is 50.6 Å². The summed E-state index contributed by atoms with van der Waals surface area (Å²) < 4.78 is 38.0. The van der Waals surface area contributed by atoms with Gasteiger partial charge in [0.25, 0.3) is 0 Å². The first kappa shape index (κ1) is 16.9. The number of hydrogen-bond donors (Lipinski definition) is 1. The molecule has 0 aliphatic heterocycles. The maximum absolute atomic E-state index is 12.7. The van der Waals surface area contributed by atoms with Gasteiger partial charge in [-0.05, 0) is 18.2 Å². The van der Waals surface area contributed by atoms with Crippen LogP contribution in [0.5, 0.6) is 0 Å².